The normalized spacial score (nSPS) is 10.5. The molecule has 202 valence electrons. The lowest BCUT2D eigenvalue weighted by molar-refractivity contribution is -0.134. The van der Waals surface area contributed by atoms with Crippen LogP contribution in [-0.2, 0) is 24.3 Å². The monoisotopic (exact) mass is 529 g/mol. The quantitative estimate of drug-likeness (QED) is 0.276. The first-order valence-electron chi connectivity index (χ1n) is 12.5. The van der Waals surface area contributed by atoms with Crippen molar-refractivity contribution in [2.24, 2.45) is 0 Å². The predicted molar refractivity (Wildman–Crippen MR) is 145 cm³/mol. The number of methoxy groups -OCH3 is 2. The van der Waals surface area contributed by atoms with Crippen molar-refractivity contribution in [3.8, 4) is 17.2 Å². The first-order valence-corrected chi connectivity index (χ1v) is 12.5. The van der Waals surface area contributed by atoms with Gasteiger partial charge in [-0.1, -0.05) is 47.6 Å². The van der Waals surface area contributed by atoms with Crippen molar-refractivity contribution in [2.75, 3.05) is 27.4 Å². The molecular weight excluding hydrogens is 498 g/mol. The van der Waals surface area contributed by atoms with Gasteiger partial charge in [0.05, 0.1) is 20.8 Å². The highest BCUT2D eigenvalue weighted by molar-refractivity contribution is 5.92. The van der Waals surface area contributed by atoms with Gasteiger partial charge < -0.3 is 29.0 Å². The molecule has 1 heterocycles. The highest BCUT2D eigenvalue weighted by atomic mass is 16.5. The number of ether oxygens (including phenoxy) is 3. The number of nitrogens with one attached hydrogen (secondary N) is 1. The minimum Gasteiger partial charge on any atom is -0.497 e. The van der Waals surface area contributed by atoms with E-state index in [-0.39, 0.29) is 30.7 Å². The summed E-state index contributed by atoms with van der Waals surface area (Å²) in [5.74, 6) is 1.93. The summed E-state index contributed by atoms with van der Waals surface area (Å²) in [6.45, 7) is 0.763. The smallest absolute Gasteiger partial charge is 0.273 e. The third-order valence-electron chi connectivity index (χ3n) is 6.04. The molecule has 0 aliphatic carbocycles. The summed E-state index contributed by atoms with van der Waals surface area (Å²) in [4.78, 5) is 27.4. The molecule has 2 amide bonds. The third-order valence-corrected chi connectivity index (χ3v) is 6.04. The van der Waals surface area contributed by atoms with Crippen molar-refractivity contribution >= 4 is 11.8 Å². The van der Waals surface area contributed by atoms with Gasteiger partial charge in [-0.3, -0.25) is 9.59 Å². The van der Waals surface area contributed by atoms with E-state index in [1.165, 1.54) is 0 Å². The molecule has 0 bridgehead atoms. The molecule has 4 aromatic rings. The van der Waals surface area contributed by atoms with Crippen molar-refractivity contribution < 1.29 is 28.3 Å². The highest BCUT2D eigenvalue weighted by Crippen LogP contribution is 2.15. The fourth-order valence-electron chi connectivity index (χ4n) is 3.80. The molecule has 0 aliphatic heterocycles. The topological polar surface area (TPSA) is 103 Å². The molecule has 39 heavy (non-hydrogen) atoms. The van der Waals surface area contributed by atoms with E-state index in [2.05, 4.69) is 10.5 Å². The number of amides is 2. The molecule has 0 spiro atoms. The molecule has 0 radical (unpaired) electrons. The minimum atomic E-state index is -0.371. The second-order valence-corrected chi connectivity index (χ2v) is 8.72. The van der Waals surface area contributed by atoms with E-state index in [4.69, 9.17) is 18.7 Å². The van der Waals surface area contributed by atoms with Crippen LogP contribution < -0.4 is 19.5 Å². The molecule has 4 rings (SSSR count). The zero-order valence-electron chi connectivity index (χ0n) is 22.0. The van der Waals surface area contributed by atoms with E-state index in [1.807, 2.05) is 66.7 Å². The molecule has 9 nitrogen and oxygen atoms in total. The first-order chi connectivity index (χ1) is 19.0. The van der Waals surface area contributed by atoms with Crippen LogP contribution in [-0.4, -0.2) is 49.2 Å². The Morgan fingerprint density at radius 2 is 1.49 bits per heavy atom. The van der Waals surface area contributed by atoms with Crippen molar-refractivity contribution in [2.45, 2.75) is 19.5 Å². The number of para-hydroxylation sites is 1. The Balaban J connectivity index is 1.38. The molecule has 3 aromatic carbocycles. The summed E-state index contributed by atoms with van der Waals surface area (Å²) in [5, 5.41) is 6.73. The van der Waals surface area contributed by atoms with Crippen LogP contribution in [0, 0.1) is 0 Å². The SMILES string of the molecule is COc1ccc(CCN(Cc2cc(C(=O)NCc3ccc(OC)cc3)no2)C(=O)COc2ccccc2)cc1. The van der Waals surface area contributed by atoms with Gasteiger partial charge in [0.15, 0.2) is 18.1 Å². The molecule has 0 saturated carbocycles. The van der Waals surface area contributed by atoms with E-state index < -0.39 is 0 Å². The number of carbonyl (C=O) groups is 2. The van der Waals surface area contributed by atoms with Crippen molar-refractivity contribution in [3.05, 3.63) is 108 Å². The van der Waals surface area contributed by atoms with Crippen molar-refractivity contribution in [1.82, 2.24) is 15.4 Å². The summed E-state index contributed by atoms with van der Waals surface area (Å²) in [5.41, 5.74) is 2.11. The average molecular weight is 530 g/mol. The molecule has 1 N–H and O–H groups in total. The zero-order chi connectivity index (χ0) is 27.5. The Labute approximate surface area is 227 Å². The highest BCUT2D eigenvalue weighted by Gasteiger charge is 2.19. The van der Waals surface area contributed by atoms with Gasteiger partial charge in [0.1, 0.15) is 17.2 Å². The van der Waals surface area contributed by atoms with Crippen LogP contribution in [0.2, 0.25) is 0 Å². The van der Waals surface area contributed by atoms with Crippen LogP contribution in [0.4, 0.5) is 0 Å². The molecule has 0 fully saturated rings. The number of hydrogen-bond donors (Lipinski definition) is 1. The largest absolute Gasteiger partial charge is 0.497 e. The maximum absolute atomic E-state index is 13.1. The second kappa shape index (κ2) is 13.7. The molecule has 0 saturated heterocycles. The number of aromatic nitrogens is 1. The Kier molecular flexibility index (Phi) is 9.55. The van der Waals surface area contributed by atoms with Gasteiger partial charge in [-0.25, -0.2) is 0 Å². The van der Waals surface area contributed by atoms with E-state index >= 15 is 0 Å². The Morgan fingerprint density at radius 3 is 2.13 bits per heavy atom. The summed E-state index contributed by atoms with van der Waals surface area (Å²) in [6, 6.07) is 25.8. The number of rotatable bonds is 13. The molecule has 1 aromatic heterocycles. The van der Waals surface area contributed by atoms with Gasteiger partial charge in [-0.15, -0.1) is 0 Å². The van der Waals surface area contributed by atoms with Crippen LogP contribution in [0.5, 0.6) is 17.2 Å². The lowest BCUT2D eigenvalue weighted by Gasteiger charge is -2.21. The Hall–Kier alpha value is -4.79. The van der Waals surface area contributed by atoms with Gasteiger partial charge in [0.25, 0.3) is 11.8 Å². The standard InChI is InChI=1S/C30H31N3O6/c1-36-24-12-8-22(9-13-24)16-17-33(29(34)21-38-26-6-4-3-5-7-26)20-27-18-28(32-39-27)30(35)31-19-23-10-14-25(37-2)15-11-23/h3-15,18H,16-17,19-21H2,1-2H3,(H,31,35). The number of carbonyl (C=O) groups excluding carboxylic acids is 2. The minimum absolute atomic E-state index is 0.129. The molecular formula is C30H31N3O6. The molecule has 0 atom stereocenters. The number of hydrogen-bond acceptors (Lipinski definition) is 7. The summed E-state index contributed by atoms with van der Waals surface area (Å²) in [6.07, 6.45) is 0.615. The van der Waals surface area contributed by atoms with Crippen LogP contribution >= 0.6 is 0 Å². The van der Waals surface area contributed by atoms with Crippen molar-refractivity contribution in [3.63, 3.8) is 0 Å². The first kappa shape index (κ1) is 27.3. The molecule has 9 heteroatoms. The van der Waals surface area contributed by atoms with E-state index in [1.54, 1.807) is 37.3 Å². The average Bonchev–Trinajstić information content (AvgIpc) is 3.46. The van der Waals surface area contributed by atoms with Gasteiger partial charge in [0, 0.05) is 19.2 Å². The number of benzene rings is 3. The summed E-state index contributed by atoms with van der Waals surface area (Å²) >= 11 is 0. The van der Waals surface area contributed by atoms with Gasteiger partial charge in [0.2, 0.25) is 0 Å². The van der Waals surface area contributed by atoms with E-state index in [0.29, 0.717) is 31.0 Å². The van der Waals surface area contributed by atoms with Crippen LogP contribution in [0.3, 0.4) is 0 Å². The fraction of sp³-hybridized carbons (Fsp3) is 0.233. The molecule has 0 aliphatic rings. The maximum atomic E-state index is 13.1. The van der Waals surface area contributed by atoms with Crippen LogP contribution in [0.25, 0.3) is 0 Å². The number of nitrogens with zero attached hydrogens (tertiary/aromatic N) is 2. The van der Waals surface area contributed by atoms with E-state index in [9.17, 15) is 9.59 Å². The molecule has 0 unspecified atom stereocenters. The van der Waals surface area contributed by atoms with Crippen LogP contribution in [0.15, 0.2) is 89.5 Å². The van der Waals surface area contributed by atoms with Gasteiger partial charge >= 0.3 is 0 Å². The lowest BCUT2D eigenvalue weighted by Crippen LogP contribution is -2.36. The van der Waals surface area contributed by atoms with Gasteiger partial charge in [-0.05, 0) is 53.9 Å². The predicted octanol–water partition coefficient (Wildman–Crippen LogP) is 4.27. The van der Waals surface area contributed by atoms with Gasteiger partial charge in [-0.2, -0.15) is 0 Å². The van der Waals surface area contributed by atoms with Crippen LogP contribution in [0.1, 0.15) is 27.4 Å². The lowest BCUT2D eigenvalue weighted by atomic mass is 10.1. The summed E-state index contributed by atoms with van der Waals surface area (Å²) in [7, 11) is 3.22. The third kappa shape index (κ3) is 8.10. The Bertz CT molecular complexity index is 1340. The Morgan fingerprint density at radius 1 is 0.846 bits per heavy atom. The summed E-state index contributed by atoms with van der Waals surface area (Å²) < 4.78 is 21.5. The van der Waals surface area contributed by atoms with E-state index in [0.717, 1.165) is 22.6 Å². The second-order valence-electron chi connectivity index (χ2n) is 8.72. The zero-order valence-corrected chi connectivity index (χ0v) is 22.0. The fourth-order valence-corrected chi connectivity index (χ4v) is 3.80. The maximum Gasteiger partial charge on any atom is 0.273 e. The van der Waals surface area contributed by atoms with Crippen molar-refractivity contribution in [1.29, 1.82) is 0 Å².